The molecular weight excluding hydrogens is 318 g/mol. The zero-order chi connectivity index (χ0) is 18.6. The monoisotopic (exact) mass is 341 g/mol. The third-order valence-electron chi connectivity index (χ3n) is 3.64. The molecule has 25 heavy (non-hydrogen) atoms. The summed E-state index contributed by atoms with van der Waals surface area (Å²) in [5.41, 5.74) is 0.967. The SMILES string of the molecule is CC(C)(C)NCc1c(O)ccc(C(=O)/C=C/c2ccc(O)cc2)c1O. The van der Waals surface area contributed by atoms with Crippen LogP contribution in [0.1, 0.15) is 42.3 Å². The van der Waals surface area contributed by atoms with E-state index in [2.05, 4.69) is 5.32 Å². The fraction of sp³-hybridized carbons (Fsp3) is 0.250. The van der Waals surface area contributed by atoms with Crippen LogP contribution in [0.2, 0.25) is 0 Å². The van der Waals surface area contributed by atoms with Crippen LogP contribution in [0.25, 0.3) is 6.08 Å². The average molecular weight is 341 g/mol. The largest absolute Gasteiger partial charge is 0.508 e. The van der Waals surface area contributed by atoms with Gasteiger partial charge in [0.2, 0.25) is 0 Å². The minimum Gasteiger partial charge on any atom is -0.508 e. The number of hydrogen-bond acceptors (Lipinski definition) is 5. The Balaban J connectivity index is 2.23. The van der Waals surface area contributed by atoms with Crippen molar-refractivity contribution >= 4 is 11.9 Å². The number of benzene rings is 2. The first-order valence-corrected chi connectivity index (χ1v) is 7.97. The number of rotatable bonds is 5. The first-order valence-electron chi connectivity index (χ1n) is 7.97. The van der Waals surface area contributed by atoms with E-state index < -0.39 is 0 Å². The summed E-state index contributed by atoms with van der Waals surface area (Å²) >= 11 is 0. The second-order valence-corrected chi connectivity index (χ2v) is 6.85. The maximum absolute atomic E-state index is 12.4. The molecule has 0 fully saturated rings. The van der Waals surface area contributed by atoms with Crippen LogP contribution in [-0.2, 0) is 6.54 Å². The highest BCUT2D eigenvalue weighted by atomic mass is 16.3. The van der Waals surface area contributed by atoms with Gasteiger partial charge in [0, 0.05) is 12.1 Å². The summed E-state index contributed by atoms with van der Waals surface area (Å²) in [5, 5.41) is 32.8. The van der Waals surface area contributed by atoms with Crippen LogP contribution in [0, 0.1) is 0 Å². The second-order valence-electron chi connectivity index (χ2n) is 6.85. The van der Waals surface area contributed by atoms with Gasteiger partial charge in [0.15, 0.2) is 5.78 Å². The van der Waals surface area contributed by atoms with Crippen molar-refractivity contribution in [3.63, 3.8) is 0 Å². The molecule has 0 heterocycles. The van der Waals surface area contributed by atoms with Gasteiger partial charge in [-0.3, -0.25) is 4.79 Å². The summed E-state index contributed by atoms with van der Waals surface area (Å²) in [5.74, 6) is -0.511. The van der Waals surface area contributed by atoms with E-state index in [0.29, 0.717) is 5.56 Å². The number of nitrogens with one attached hydrogen (secondary N) is 1. The molecule has 0 unspecified atom stereocenters. The van der Waals surface area contributed by atoms with Crippen molar-refractivity contribution in [3.05, 3.63) is 59.2 Å². The Morgan fingerprint density at radius 2 is 1.68 bits per heavy atom. The predicted molar refractivity (Wildman–Crippen MR) is 97.8 cm³/mol. The van der Waals surface area contributed by atoms with E-state index in [0.717, 1.165) is 5.56 Å². The van der Waals surface area contributed by atoms with Crippen molar-refractivity contribution in [1.29, 1.82) is 0 Å². The minimum absolute atomic E-state index is 0.0617. The van der Waals surface area contributed by atoms with Gasteiger partial charge >= 0.3 is 0 Å². The van der Waals surface area contributed by atoms with Crippen LogP contribution in [0.5, 0.6) is 17.2 Å². The van der Waals surface area contributed by atoms with Gasteiger partial charge in [-0.05, 0) is 56.7 Å². The number of ketones is 1. The number of allylic oxidation sites excluding steroid dienone is 1. The fourth-order valence-corrected chi connectivity index (χ4v) is 2.20. The highest BCUT2D eigenvalue weighted by Crippen LogP contribution is 2.31. The van der Waals surface area contributed by atoms with Gasteiger partial charge < -0.3 is 20.6 Å². The van der Waals surface area contributed by atoms with Gasteiger partial charge in [0.1, 0.15) is 17.2 Å². The van der Waals surface area contributed by atoms with Crippen molar-refractivity contribution in [2.24, 2.45) is 0 Å². The quantitative estimate of drug-likeness (QED) is 0.493. The Kier molecular flexibility index (Phi) is 5.49. The van der Waals surface area contributed by atoms with Gasteiger partial charge in [-0.15, -0.1) is 0 Å². The number of phenolic OH excluding ortho intramolecular Hbond substituents is 3. The molecule has 0 bridgehead atoms. The first kappa shape index (κ1) is 18.5. The van der Waals surface area contributed by atoms with Gasteiger partial charge in [0.05, 0.1) is 11.1 Å². The summed E-state index contributed by atoms with van der Waals surface area (Å²) in [6.45, 7) is 6.15. The van der Waals surface area contributed by atoms with Crippen LogP contribution in [0.3, 0.4) is 0 Å². The molecule has 0 aromatic heterocycles. The molecule has 0 aliphatic heterocycles. The summed E-state index contributed by atoms with van der Waals surface area (Å²) in [6.07, 6.45) is 2.95. The number of aromatic hydroxyl groups is 3. The molecule has 0 saturated heterocycles. The van der Waals surface area contributed by atoms with Gasteiger partial charge in [-0.25, -0.2) is 0 Å². The maximum atomic E-state index is 12.4. The number of hydrogen-bond donors (Lipinski definition) is 4. The lowest BCUT2D eigenvalue weighted by Crippen LogP contribution is -2.35. The molecular formula is C20H23NO4. The maximum Gasteiger partial charge on any atom is 0.189 e. The molecule has 5 heteroatoms. The van der Waals surface area contributed by atoms with Crippen molar-refractivity contribution in [2.45, 2.75) is 32.9 Å². The van der Waals surface area contributed by atoms with Crippen molar-refractivity contribution in [3.8, 4) is 17.2 Å². The molecule has 2 aromatic carbocycles. The lowest BCUT2D eigenvalue weighted by molar-refractivity contribution is 0.104. The minimum atomic E-state index is -0.373. The summed E-state index contributed by atoms with van der Waals surface area (Å²) < 4.78 is 0. The van der Waals surface area contributed by atoms with Crippen LogP contribution in [-0.4, -0.2) is 26.6 Å². The molecule has 0 spiro atoms. The zero-order valence-corrected chi connectivity index (χ0v) is 14.6. The molecule has 4 N–H and O–H groups in total. The molecule has 5 nitrogen and oxygen atoms in total. The van der Waals surface area contributed by atoms with E-state index in [9.17, 15) is 20.1 Å². The molecule has 0 aliphatic rings. The van der Waals surface area contributed by atoms with Crippen LogP contribution in [0.15, 0.2) is 42.5 Å². The Morgan fingerprint density at radius 1 is 1.04 bits per heavy atom. The van der Waals surface area contributed by atoms with Crippen molar-refractivity contribution < 1.29 is 20.1 Å². The van der Waals surface area contributed by atoms with Crippen molar-refractivity contribution in [1.82, 2.24) is 5.32 Å². The number of phenols is 3. The summed E-state index contributed by atoms with van der Waals surface area (Å²) in [4.78, 5) is 12.4. The zero-order valence-electron chi connectivity index (χ0n) is 14.6. The Bertz CT molecular complexity index is 787. The molecule has 0 aliphatic carbocycles. The first-order chi connectivity index (χ1) is 11.7. The van der Waals surface area contributed by atoms with E-state index in [4.69, 9.17) is 0 Å². The Hall–Kier alpha value is -2.79. The van der Waals surface area contributed by atoms with E-state index in [1.54, 1.807) is 18.2 Å². The Morgan fingerprint density at radius 3 is 2.28 bits per heavy atom. The Labute approximate surface area is 147 Å². The van der Waals surface area contributed by atoms with Gasteiger partial charge in [-0.1, -0.05) is 18.2 Å². The molecule has 0 radical (unpaired) electrons. The topological polar surface area (TPSA) is 89.8 Å². The number of carbonyl (C=O) groups is 1. The van der Waals surface area contributed by atoms with Crippen LogP contribution >= 0.6 is 0 Å². The standard InChI is InChI=1S/C20H23NO4/c1-20(2,3)21-12-16-18(24)11-9-15(19(16)25)17(23)10-6-13-4-7-14(22)8-5-13/h4-11,21-22,24-25H,12H2,1-3H3/b10-6+. The third kappa shape index (κ3) is 5.09. The molecule has 132 valence electrons. The lowest BCUT2D eigenvalue weighted by atomic mass is 10.0. The molecule has 2 rings (SSSR count). The highest BCUT2D eigenvalue weighted by molar-refractivity contribution is 6.09. The second kappa shape index (κ2) is 7.40. The van der Waals surface area contributed by atoms with Gasteiger partial charge in [0.25, 0.3) is 0 Å². The fourth-order valence-electron chi connectivity index (χ4n) is 2.20. The predicted octanol–water partition coefficient (Wildman–Crippen LogP) is 3.59. The molecule has 2 aromatic rings. The molecule has 0 saturated carbocycles. The van der Waals surface area contributed by atoms with Gasteiger partial charge in [-0.2, -0.15) is 0 Å². The summed E-state index contributed by atoms with van der Waals surface area (Å²) in [7, 11) is 0. The van der Waals surface area contributed by atoms with E-state index in [-0.39, 0.29) is 40.7 Å². The lowest BCUT2D eigenvalue weighted by Gasteiger charge is -2.21. The smallest absolute Gasteiger partial charge is 0.189 e. The number of carbonyl (C=O) groups excluding carboxylic acids is 1. The third-order valence-corrected chi connectivity index (χ3v) is 3.64. The van der Waals surface area contributed by atoms with E-state index in [1.165, 1.54) is 30.3 Å². The van der Waals surface area contributed by atoms with Crippen molar-refractivity contribution in [2.75, 3.05) is 0 Å². The van der Waals surface area contributed by atoms with Crippen LogP contribution in [0.4, 0.5) is 0 Å². The van der Waals surface area contributed by atoms with E-state index >= 15 is 0 Å². The molecule has 0 atom stereocenters. The molecule has 0 amide bonds. The van der Waals surface area contributed by atoms with Crippen LogP contribution < -0.4 is 5.32 Å². The average Bonchev–Trinajstić information content (AvgIpc) is 2.53. The summed E-state index contributed by atoms with van der Waals surface area (Å²) in [6, 6.07) is 9.20. The van der Waals surface area contributed by atoms with E-state index in [1.807, 2.05) is 20.8 Å². The normalized spacial score (nSPS) is 11.8. The highest BCUT2D eigenvalue weighted by Gasteiger charge is 2.18.